The van der Waals surface area contributed by atoms with Crippen LogP contribution < -0.4 is 0 Å². The summed E-state index contributed by atoms with van der Waals surface area (Å²) in [5.74, 6) is 0. The first-order valence-electron chi connectivity index (χ1n) is 5.69. The third-order valence-electron chi connectivity index (χ3n) is 2.78. The fourth-order valence-electron chi connectivity index (χ4n) is 1.67. The molecule has 0 amide bonds. The molecule has 14 heavy (non-hydrogen) atoms. The molecule has 0 aromatic rings. The molecule has 0 spiro atoms. The third-order valence-corrected chi connectivity index (χ3v) is 2.78. The Kier molecular flexibility index (Phi) is 4.40. The van der Waals surface area contributed by atoms with Crippen LogP contribution in [-0.2, 0) is 4.74 Å². The molecule has 0 aromatic carbocycles. The van der Waals surface area contributed by atoms with Crippen molar-refractivity contribution >= 4 is 0 Å². The highest BCUT2D eigenvalue weighted by molar-refractivity contribution is 5.14. The molecule has 1 aliphatic rings. The van der Waals surface area contributed by atoms with E-state index in [2.05, 4.69) is 32.6 Å². The zero-order chi connectivity index (χ0) is 10.4. The second-order valence-electron chi connectivity index (χ2n) is 4.20. The largest absolute Gasteiger partial charge is 0.362 e. The lowest BCUT2D eigenvalue weighted by Gasteiger charge is -1.97. The van der Waals surface area contributed by atoms with Crippen LogP contribution in [0.4, 0.5) is 0 Å². The Morgan fingerprint density at radius 3 is 2.86 bits per heavy atom. The summed E-state index contributed by atoms with van der Waals surface area (Å²) >= 11 is 0. The summed E-state index contributed by atoms with van der Waals surface area (Å²) in [5, 5.41) is 0. The van der Waals surface area contributed by atoms with E-state index in [1.165, 1.54) is 19.3 Å². The van der Waals surface area contributed by atoms with E-state index in [0.29, 0.717) is 6.10 Å². The van der Waals surface area contributed by atoms with Gasteiger partial charge in [0.25, 0.3) is 0 Å². The van der Waals surface area contributed by atoms with Crippen LogP contribution >= 0.6 is 0 Å². The summed E-state index contributed by atoms with van der Waals surface area (Å²) in [6.07, 6.45) is 12.8. The van der Waals surface area contributed by atoms with E-state index in [1.54, 1.807) is 0 Å². The van der Waals surface area contributed by atoms with Gasteiger partial charge >= 0.3 is 0 Å². The number of unbranched alkanes of at least 4 members (excludes halogenated alkanes) is 2. The highest BCUT2D eigenvalue weighted by Crippen LogP contribution is 2.40. The van der Waals surface area contributed by atoms with Crippen molar-refractivity contribution in [3.05, 3.63) is 24.8 Å². The van der Waals surface area contributed by atoms with Crippen molar-refractivity contribution in [1.29, 1.82) is 0 Å². The summed E-state index contributed by atoms with van der Waals surface area (Å²) in [5.41, 5.74) is 0.0384. The Labute approximate surface area is 87.8 Å². The normalized spacial score (nSPS) is 30.9. The molecule has 1 saturated heterocycles. The lowest BCUT2D eigenvalue weighted by molar-refractivity contribution is 0.338. The van der Waals surface area contributed by atoms with Crippen LogP contribution in [0, 0.1) is 0 Å². The lowest BCUT2D eigenvalue weighted by Crippen LogP contribution is -2.04. The van der Waals surface area contributed by atoms with Gasteiger partial charge in [-0.1, -0.05) is 38.0 Å². The highest BCUT2D eigenvalue weighted by Gasteiger charge is 2.48. The molecular formula is C13H22O. The van der Waals surface area contributed by atoms with Crippen molar-refractivity contribution in [2.45, 2.75) is 57.7 Å². The van der Waals surface area contributed by atoms with Crippen molar-refractivity contribution in [2.75, 3.05) is 0 Å². The quantitative estimate of drug-likeness (QED) is 0.340. The van der Waals surface area contributed by atoms with Crippen LogP contribution in [0.5, 0.6) is 0 Å². The van der Waals surface area contributed by atoms with Gasteiger partial charge in [-0.05, 0) is 26.2 Å². The Balaban J connectivity index is 2.18. The second kappa shape index (κ2) is 5.35. The van der Waals surface area contributed by atoms with E-state index in [-0.39, 0.29) is 5.60 Å². The van der Waals surface area contributed by atoms with Gasteiger partial charge in [0.15, 0.2) is 0 Å². The van der Waals surface area contributed by atoms with E-state index in [9.17, 15) is 0 Å². The molecule has 0 aromatic heterocycles. The Morgan fingerprint density at radius 1 is 1.43 bits per heavy atom. The number of epoxide rings is 1. The fraction of sp³-hybridized carbons (Fsp3) is 0.692. The minimum Gasteiger partial charge on any atom is -0.362 e. The molecule has 1 heterocycles. The first kappa shape index (κ1) is 11.5. The topological polar surface area (TPSA) is 12.5 Å². The van der Waals surface area contributed by atoms with Gasteiger partial charge in [-0.25, -0.2) is 0 Å². The van der Waals surface area contributed by atoms with Crippen LogP contribution in [0.2, 0.25) is 0 Å². The Hall–Kier alpha value is -0.560. The first-order chi connectivity index (χ1) is 6.73. The summed E-state index contributed by atoms with van der Waals surface area (Å²) in [6, 6.07) is 0. The SMILES string of the molecule is C=CCC[C@H]1O[C@@]1(C)/C=C/CCCC. The van der Waals surface area contributed by atoms with Gasteiger partial charge in [0.1, 0.15) is 5.60 Å². The minimum atomic E-state index is 0.0384. The average Bonchev–Trinajstić information content (AvgIpc) is 2.82. The van der Waals surface area contributed by atoms with Crippen molar-refractivity contribution in [3.8, 4) is 0 Å². The van der Waals surface area contributed by atoms with Crippen molar-refractivity contribution < 1.29 is 4.74 Å². The van der Waals surface area contributed by atoms with Crippen molar-refractivity contribution in [3.63, 3.8) is 0 Å². The molecule has 0 unspecified atom stereocenters. The number of hydrogen-bond donors (Lipinski definition) is 0. The maximum absolute atomic E-state index is 5.65. The second-order valence-corrected chi connectivity index (χ2v) is 4.20. The number of rotatable bonds is 7. The first-order valence-corrected chi connectivity index (χ1v) is 5.69. The maximum Gasteiger partial charge on any atom is 0.110 e. The van der Waals surface area contributed by atoms with E-state index in [1.807, 2.05) is 6.08 Å². The van der Waals surface area contributed by atoms with Crippen molar-refractivity contribution in [1.82, 2.24) is 0 Å². The molecule has 1 nitrogen and oxygen atoms in total. The molecule has 80 valence electrons. The molecular weight excluding hydrogens is 172 g/mol. The van der Waals surface area contributed by atoms with Gasteiger partial charge in [0, 0.05) is 0 Å². The number of allylic oxidation sites excluding steroid dienone is 2. The van der Waals surface area contributed by atoms with Crippen molar-refractivity contribution in [2.24, 2.45) is 0 Å². The maximum atomic E-state index is 5.65. The average molecular weight is 194 g/mol. The predicted molar refractivity (Wildman–Crippen MR) is 61.4 cm³/mol. The summed E-state index contributed by atoms with van der Waals surface area (Å²) in [4.78, 5) is 0. The predicted octanol–water partition coefficient (Wildman–Crippen LogP) is 3.86. The van der Waals surface area contributed by atoms with Gasteiger partial charge < -0.3 is 4.74 Å². The molecule has 1 rings (SSSR count). The Morgan fingerprint density at radius 2 is 2.21 bits per heavy atom. The molecule has 0 saturated carbocycles. The van der Waals surface area contributed by atoms with E-state index >= 15 is 0 Å². The molecule has 1 heteroatoms. The summed E-state index contributed by atoms with van der Waals surface area (Å²) < 4.78 is 5.65. The van der Waals surface area contributed by atoms with Crippen LogP contribution in [0.25, 0.3) is 0 Å². The van der Waals surface area contributed by atoms with Crippen LogP contribution in [0.3, 0.4) is 0 Å². The third kappa shape index (κ3) is 3.30. The standard InChI is InChI=1S/C13H22O/c1-4-6-8-9-11-13(3)12(14-13)10-7-5-2/h5,9,11-12H,2,4,6-8,10H2,1,3H3/b11-9+/t12-,13+/m1/s1. The van der Waals surface area contributed by atoms with Gasteiger partial charge in [-0.15, -0.1) is 6.58 Å². The van der Waals surface area contributed by atoms with Crippen LogP contribution in [0.15, 0.2) is 24.8 Å². The zero-order valence-electron chi connectivity index (χ0n) is 9.46. The van der Waals surface area contributed by atoms with Gasteiger partial charge in [-0.3, -0.25) is 0 Å². The van der Waals surface area contributed by atoms with Gasteiger partial charge in [0.2, 0.25) is 0 Å². The van der Waals surface area contributed by atoms with Crippen LogP contribution in [0.1, 0.15) is 46.0 Å². The number of ether oxygens (including phenoxy) is 1. The van der Waals surface area contributed by atoms with E-state index < -0.39 is 0 Å². The van der Waals surface area contributed by atoms with Gasteiger partial charge in [0.05, 0.1) is 6.10 Å². The summed E-state index contributed by atoms with van der Waals surface area (Å²) in [6.45, 7) is 8.11. The molecule has 0 radical (unpaired) electrons. The van der Waals surface area contributed by atoms with E-state index in [0.717, 1.165) is 12.8 Å². The Bertz CT molecular complexity index is 207. The number of hydrogen-bond acceptors (Lipinski definition) is 1. The van der Waals surface area contributed by atoms with E-state index in [4.69, 9.17) is 4.74 Å². The van der Waals surface area contributed by atoms with Gasteiger partial charge in [-0.2, -0.15) is 0 Å². The molecule has 1 fully saturated rings. The molecule has 1 aliphatic heterocycles. The zero-order valence-corrected chi connectivity index (χ0v) is 9.46. The molecule has 0 bridgehead atoms. The smallest absolute Gasteiger partial charge is 0.110 e. The highest BCUT2D eigenvalue weighted by atomic mass is 16.6. The fourth-order valence-corrected chi connectivity index (χ4v) is 1.67. The molecule has 2 atom stereocenters. The summed E-state index contributed by atoms with van der Waals surface area (Å²) in [7, 11) is 0. The van der Waals surface area contributed by atoms with Crippen LogP contribution in [-0.4, -0.2) is 11.7 Å². The molecule has 0 N–H and O–H groups in total. The molecule has 0 aliphatic carbocycles. The lowest BCUT2D eigenvalue weighted by atomic mass is 10.0. The minimum absolute atomic E-state index is 0.0384. The monoisotopic (exact) mass is 194 g/mol.